The third-order valence-electron chi connectivity index (χ3n) is 20.2. The molecule has 6 fully saturated rings. The summed E-state index contributed by atoms with van der Waals surface area (Å²) in [5, 5.41) is 32.4. The van der Waals surface area contributed by atoms with Crippen molar-refractivity contribution in [3.05, 3.63) is 82.7 Å². The molecule has 8 aromatic rings. The molecule has 5 amide bonds. The molecule has 6 saturated heterocycles. The molecule has 0 spiro atoms. The van der Waals surface area contributed by atoms with E-state index in [2.05, 4.69) is 76.9 Å². The Labute approximate surface area is 856 Å². The second-order valence-electron chi connectivity index (χ2n) is 36.0. The molecule has 69 heteroatoms. The number of carbonyl (C=O) groups is 7. The molecule has 0 aromatic carbocycles. The van der Waals surface area contributed by atoms with Gasteiger partial charge in [0.15, 0.2) is 88.6 Å². The van der Waals surface area contributed by atoms with Crippen molar-refractivity contribution >= 4 is 195 Å². The van der Waals surface area contributed by atoms with Crippen LogP contribution in [0.1, 0.15) is 108 Å². The van der Waals surface area contributed by atoms with Crippen LogP contribution in [0.4, 0.5) is 62.8 Å². The van der Waals surface area contributed by atoms with Crippen molar-refractivity contribution in [1.29, 1.82) is 0 Å². The Balaban J connectivity index is 0.000000218. The first-order chi connectivity index (χ1) is 67.9. The van der Waals surface area contributed by atoms with E-state index in [-0.39, 0.29) is 91.3 Å². The predicted molar refractivity (Wildman–Crippen MR) is 514 cm³/mol. The normalized spacial score (nSPS) is 27.5. The van der Waals surface area contributed by atoms with Crippen LogP contribution in [0.25, 0.3) is 44.4 Å². The van der Waals surface area contributed by atoms with Crippen LogP contribution in [0.15, 0.2) is 59.9 Å². The van der Waals surface area contributed by atoms with Gasteiger partial charge in [-0.3, -0.25) is 46.7 Å². The largest absolute Gasteiger partial charge is 0.452 e. The molecule has 55 nitrogen and oxygen atoms in total. The van der Waals surface area contributed by atoms with Crippen molar-refractivity contribution in [2.45, 2.75) is 204 Å². The summed E-state index contributed by atoms with van der Waals surface area (Å²) in [5.74, 6) is -2.03. The first-order valence-corrected chi connectivity index (χ1v) is 54.5. The number of likely N-dealkylation sites (N-methyl/N-ethyl adjacent to an activating group) is 4. The Bertz CT molecular complexity index is 6260. The fourth-order valence-electron chi connectivity index (χ4n) is 13.6. The Hall–Kier alpha value is -8.86. The first kappa shape index (κ1) is 119. The number of ether oxygens (including phenoxy) is 11. The second-order valence-corrected chi connectivity index (χ2v) is 47.9. The topological polar surface area (TPSA) is 673 Å². The van der Waals surface area contributed by atoms with E-state index in [1.165, 1.54) is 37.5 Å². The lowest BCUT2D eigenvalue weighted by Gasteiger charge is -2.28. The average molecular weight is 2270 g/mol. The van der Waals surface area contributed by atoms with Crippen LogP contribution in [0.2, 0.25) is 0 Å². The number of nitrogen functional groups attached to an aromatic ring is 1. The fourth-order valence-corrected chi connectivity index (χ4v) is 19.5. The number of aromatic amines is 2. The lowest BCUT2D eigenvalue weighted by Crippen LogP contribution is -2.36. The van der Waals surface area contributed by atoms with E-state index < -0.39 is 249 Å². The minimum atomic E-state index is -4.55. The van der Waals surface area contributed by atoms with Crippen LogP contribution in [-0.4, -0.2) is 362 Å². The van der Waals surface area contributed by atoms with E-state index >= 15 is 8.78 Å². The molecule has 0 aliphatic carbocycles. The molecule has 20 atom stereocenters. The lowest BCUT2D eigenvalue weighted by molar-refractivity contribution is -0.0602. The van der Waals surface area contributed by atoms with Crippen molar-refractivity contribution < 1.29 is 174 Å². The average Bonchev–Trinajstić information content (AvgIpc) is 1.61. The van der Waals surface area contributed by atoms with Crippen molar-refractivity contribution in [2.24, 2.45) is 0 Å². The van der Waals surface area contributed by atoms with Gasteiger partial charge in [-0.1, -0.05) is 12.2 Å². The van der Waals surface area contributed by atoms with E-state index in [9.17, 15) is 81.4 Å². The van der Waals surface area contributed by atoms with E-state index in [1.807, 2.05) is 0 Å². The van der Waals surface area contributed by atoms with Crippen molar-refractivity contribution in [2.75, 3.05) is 118 Å². The molecule has 0 saturated carbocycles. The van der Waals surface area contributed by atoms with Crippen molar-refractivity contribution in [1.82, 2.24) is 87.7 Å². The van der Waals surface area contributed by atoms with Crippen LogP contribution in [0, 0.1) is 11.6 Å². The summed E-state index contributed by atoms with van der Waals surface area (Å²) in [6, 6.07) is 0. The Morgan fingerprint density at radius 3 is 1.23 bits per heavy atom. The third-order valence-corrected chi connectivity index (χ3v) is 26.7. The molecule has 5 unspecified atom stereocenters. The number of alkyl halides is 2. The Kier molecular flexibility index (Phi) is 40.3. The van der Waals surface area contributed by atoms with Crippen LogP contribution in [-0.2, 0) is 128 Å². The van der Waals surface area contributed by atoms with E-state index in [0.717, 1.165) is 57.7 Å². The van der Waals surface area contributed by atoms with Crippen molar-refractivity contribution in [3.8, 4) is 0 Å². The third kappa shape index (κ3) is 32.4. The van der Waals surface area contributed by atoms with Gasteiger partial charge in [-0.15, -0.1) is 0 Å². The molecule has 11 N–H and O–H groups in total. The number of nitrogens with one attached hydrogen (secondary N) is 3. The molecular formula is C77H108Cl2F4N20O35P4S4. The predicted octanol–water partition coefficient (Wildman–Crippen LogP) is 8.02. The minimum absolute atomic E-state index is 0.00719. The number of imidazole rings is 2. The van der Waals surface area contributed by atoms with Gasteiger partial charge in [-0.25, -0.2) is 95.6 Å². The van der Waals surface area contributed by atoms with Gasteiger partial charge in [0.2, 0.25) is 0 Å². The highest BCUT2D eigenvalue weighted by atomic mass is 35.5. The van der Waals surface area contributed by atoms with Gasteiger partial charge < -0.3 is 140 Å². The number of halogens is 6. The number of aliphatic hydroxyl groups excluding tert-OH is 3. The fraction of sp³-hybridized carbons (Fsp3) is 0.623. The zero-order valence-electron chi connectivity index (χ0n) is 80.3. The number of nitrogens with two attached hydrogens (primary N) is 1. The molecule has 14 heterocycles. The maximum atomic E-state index is 16.5. The summed E-state index contributed by atoms with van der Waals surface area (Å²) in [6.45, 7) is 1.50. The number of aliphatic hydroxyl groups is 3. The maximum Gasteiger partial charge on any atom is 0.412 e. The summed E-state index contributed by atoms with van der Waals surface area (Å²) in [4.78, 5) is 179. The van der Waals surface area contributed by atoms with E-state index in [4.69, 9.17) is 148 Å². The minimum Gasteiger partial charge on any atom is -0.452 e. The molecule has 812 valence electrons. The van der Waals surface area contributed by atoms with Gasteiger partial charge in [0, 0.05) is 70.3 Å². The number of hydrogen-bond acceptors (Lipinski definition) is 44. The highest BCUT2D eigenvalue weighted by Crippen LogP contribution is 2.60. The number of H-pyrrole nitrogens is 2. The highest BCUT2D eigenvalue weighted by molar-refractivity contribution is 8.44. The zero-order chi connectivity index (χ0) is 108. The molecule has 4 bridgehead atoms. The summed E-state index contributed by atoms with van der Waals surface area (Å²) < 4.78 is 183. The highest BCUT2D eigenvalue weighted by Gasteiger charge is 2.57. The summed E-state index contributed by atoms with van der Waals surface area (Å²) in [7, 11) is 6.16. The Morgan fingerprint density at radius 2 is 0.842 bits per heavy atom. The second kappa shape index (κ2) is 49.5. The van der Waals surface area contributed by atoms with Gasteiger partial charge in [0.25, 0.3) is 11.1 Å². The van der Waals surface area contributed by atoms with Crippen LogP contribution < -0.4 is 22.2 Å². The summed E-state index contributed by atoms with van der Waals surface area (Å²) >= 11 is 29.5. The van der Waals surface area contributed by atoms with Gasteiger partial charge >= 0.3 is 68.3 Å². The van der Waals surface area contributed by atoms with Crippen LogP contribution in [0.3, 0.4) is 0 Å². The van der Waals surface area contributed by atoms with E-state index in [1.54, 1.807) is 104 Å². The molecule has 14 rings (SSSR count). The van der Waals surface area contributed by atoms with Gasteiger partial charge in [0.05, 0.1) is 78.0 Å². The number of aromatic nitrogens is 14. The SMILES string of the molecule is CN(CCO)C(=O)OC(C)(C)C.CN(CCOC(=O)Cl)C(=O)OC(C)(C)C.CN(CCOC(=O)Cl)C(=O)OC(C)(C)C.CN(CCOC(=O)Nc1ncnc2c1ncn2[C@@H]1O[C@@H]2COP(O)(=S)O[C@H]3C(n4cc(F)c5c(=O)[nH]cnc54)O[C@H](COP(=O)(S)O[C@H]2[C@H]1F)[C@H]3O)C(=O)OC(C)(C)C.Nc1ncnc2c1ncn2[C@@H]1O[C@@H]2COP(O)(=S)O[C@@H]3[C@H](O)[C@@H](COP(O)(=S)O[C@H]2[C@H]1F)O[C@H]3n1cc(F)c2c(=O)[nH]cnc21. The number of thiol groups is 1. The van der Waals surface area contributed by atoms with Crippen LogP contribution >= 0.6 is 62.4 Å². The van der Waals surface area contributed by atoms with E-state index in [0.29, 0.717) is 6.54 Å². The number of fused-ring (bicyclic) bond motifs is 10. The number of amides is 5. The van der Waals surface area contributed by atoms with Gasteiger partial charge in [0.1, 0.15) is 132 Å². The molecule has 0 radical (unpaired) electrons. The smallest absolute Gasteiger partial charge is 0.412 e. The number of nitrogens with zero attached hydrogens (tertiary/aromatic N) is 16. The zero-order valence-corrected chi connectivity index (χ0v) is 88.8. The first-order valence-electron chi connectivity index (χ1n) is 43.3. The molecule has 6 aliphatic rings. The standard InChI is InChI=1S/C30H37F2N9O14P2S2.C21H22F2N8O10P2S2.2C9H16ClNO4.C8H17NO3/c1-30(2,3)53-29(45)39(4)5-6-48-28(44)38-22-18-24(35-10-33-22)41(12-37-18)26-17(32)20-15(52-26)9-50-57(47,59)55-21-19(42)14(8-49-56(46,58)54-20)51-27(21)40-7-13(31)16-23(40)34-11-36-25(16)43;22-7-1-30(17-10(7)19(33)28-5-26-17)21-15-13(32)8(38-21)2-36-42(34,44)40-14-9(3-37-43(35,45)41-15)39-20(11(14)23)31-6-29-12-16(24)25-4-27-18(12)31;2*1-9(2,3)15-8(13)11(4)5-6-14-7(10)12;1-8(2,3)12-7(11)9(4)5-6-10/h7,10-12,14-15,17,19-21,26-27,42H,5-6,8-9H2,1-4H3,(H,46,58)(H,47,59)(H,34,36,43)(H,33,35,38,44);1,4-6,8-9,11,13-15,20-21,32H,2-3H2,(H,34,44)(H,35,45)(H2,24,25,27)(H,26,28,33);2*5-6H2,1-4H3;10H,5-6H2,1-4H3/t14-,15-,17-,19-,20-,21-,26-,27?,56?,57?;8-,9-,11-,13-,14-,15-,20-,21-,42?,43?;;;/m11.../s1. The molecule has 8 aromatic heterocycles. The van der Waals surface area contributed by atoms with Crippen LogP contribution in [0.5, 0.6) is 0 Å². The van der Waals surface area contributed by atoms with Crippen molar-refractivity contribution in [3.63, 3.8) is 0 Å². The number of carbonyl (C=O) groups excluding carboxylic acids is 7. The van der Waals surface area contributed by atoms with Gasteiger partial charge in [-0.05, 0) is 119 Å². The summed E-state index contributed by atoms with van der Waals surface area (Å²) in [5.41, 5.74) is 0.106. The van der Waals surface area contributed by atoms with Gasteiger partial charge in [-0.2, -0.15) is 0 Å². The summed E-state index contributed by atoms with van der Waals surface area (Å²) in [6.07, 6.45) is -20.2. The quantitative estimate of drug-likeness (QED) is 0.0143. The number of rotatable bonds is 16. The number of anilines is 2. The lowest BCUT2D eigenvalue weighted by atomic mass is 10.1. The molecule has 146 heavy (non-hydrogen) atoms. The number of hydrogen-bond donors (Lipinski definition) is 11. The Morgan fingerprint density at radius 1 is 0.500 bits per heavy atom. The maximum absolute atomic E-state index is 16.5. The monoisotopic (exact) mass is 2270 g/mol. The molecule has 6 aliphatic heterocycles. The molecular weight excluding hydrogens is 2160 g/mol.